The maximum atomic E-state index is 14.7. The van der Waals surface area contributed by atoms with Gasteiger partial charge in [0.05, 0.1) is 41.4 Å². The number of ether oxygens (including phenoxy) is 1. The summed E-state index contributed by atoms with van der Waals surface area (Å²) in [6.07, 6.45) is 3.51. The largest absolute Gasteiger partial charge is 0.494 e. The van der Waals surface area contributed by atoms with Crippen molar-refractivity contribution in [2.24, 2.45) is 0 Å². The molecule has 1 aliphatic rings. The first kappa shape index (κ1) is 22.7. The number of hydrogen-bond acceptors (Lipinski definition) is 6. The standard InChI is InChI=1S/C27H24FN5O2/c1-16-6-7-18(15-30-16)20-11-17(14-29)12-21-25(20)31-26(23-5-4-10-32(23)2)33(27(21)34)19-8-9-24(35-3)22(28)13-19/h6-9,11-13,15,23H,4-5,10H2,1-3H3. The third-order valence-electron chi connectivity index (χ3n) is 6.56. The fourth-order valence-corrected chi connectivity index (χ4v) is 4.72. The fourth-order valence-electron chi connectivity index (χ4n) is 4.72. The smallest absolute Gasteiger partial charge is 0.266 e. The second-order valence-electron chi connectivity index (χ2n) is 8.79. The highest BCUT2D eigenvalue weighted by molar-refractivity contribution is 5.94. The molecule has 0 saturated carbocycles. The van der Waals surface area contributed by atoms with Gasteiger partial charge in [-0.2, -0.15) is 5.26 Å². The molecule has 1 atom stereocenters. The van der Waals surface area contributed by atoms with Crippen molar-refractivity contribution < 1.29 is 9.13 Å². The van der Waals surface area contributed by atoms with Gasteiger partial charge in [0.25, 0.3) is 5.56 Å². The summed E-state index contributed by atoms with van der Waals surface area (Å²) < 4.78 is 21.2. The molecule has 8 heteroatoms. The Morgan fingerprint density at radius 3 is 2.66 bits per heavy atom. The highest BCUT2D eigenvalue weighted by atomic mass is 19.1. The Kier molecular flexibility index (Phi) is 5.79. The van der Waals surface area contributed by atoms with E-state index in [4.69, 9.17) is 9.72 Å². The molecule has 1 aliphatic heterocycles. The lowest BCUT2D eigenvalue weighted by Crippen LogP contribution is -2.30. The maximum absolute atomic E-state index is 14.7. The van der Waals surface area contributed by atoms with Crippen molar-refractivity contribution in [2.75, 3.05) is 20.7 Å². The molecule has 0 amide bonds. The Hall–Kier alpha value is -4.09. The SMILES string of the molecule is COc1ccc(-n2c(C3CCCN3C)nc3c(-c4ccc(C)nc4)cc(C#N)cc3c2=O)cc1F. The van der Waals surface area contributed by atoms with Gasteiger partial charge in [-0.15, -0.1) is 0 Å². The van der Waals surface area contributed by atoms with Crippen LogP contribution in [0.3, 0.4) is 0 Å². The molecule has 3 heterocycles. The van der Waals surface area contributed by atoms with Crippen molar-refractivity contribution in [1.29, 1.82) is 5.26 Å². The number of methoxy groups -OCH3 is 1. The first-order valence-corrected chi connectivity index (χ1v) is 11.4. The van der Waals surface area contributed by atoms with Gasteiger partial charge >= 0.3 is 0 Å². The van der Waals surface area contributed by atoms with Crippen molar-refractivity contribution in [2.45, 2.75) is 25.8 Å². The summed E-state index contributed by atoms with van der Waals surface area (Å²) in [5, 5.41) is 9.97. The van der Waals surface area contributed by atoms with Gasteiger partial charge in [-0.1, -0.05) is 6.07 Å². The molecule has 0 radical (unpaired) electrons. The third-order valence-corrected chi connectivity index (χ3v) is 6.56. The van der Waals surface area contributed by atoms with Crippen LogP contribution in [0.4, 0.5) is 4.39 Å². The van der Waals surface area contributed by atoms with Crippen LogP contribution in [0.5, 0.6) is 5.75 Å². The quantitative estimate of drug-likeness (QED) is 0.436. The lowest BCUT2D eigenvalue weighted by Gasteiger charge is -2.24. The molecule has 1 unspecified atom stereocenters. The van der Waals surface area contributed by atoms with E-state index < -0.39 is 5.82 Å². The second-order valence-corrected chi connectivity index (χ2v) is 8.79. The van der Waals surface area contributed by atoms with Crippen molar-refractivity contribution in [3.05, 3.63) is 81.9 Å². The van der Waals surface area contributed by atoms with Gasteiger partial charge in [0.2, 0.25) is 0 Å². The van der Waals surface area contributed by atoms with Crippen LogP contribution in [0.25, 0.3) is 27.7 Å². The zero-order valence-corrected chi connectivity index (χ0v) is 19.7. The number of pyridine rings is 1. The monoisotopic (exact) mass is 469 g/mol. The molecule has 0 N–H and O–H groups in total. The van der Waals surface area contributed by atoms with Crippen LogP contribution < -0.4 is 10.3 Å². The molecule has 0 spiro atoms. The number of nitriles is 1. The average molecular weight is 470 g/mol. The van der Waals surface area contributed by atoms with Gasteiger partial charge in [0.1, 0.15) is 5.82 Å². The summed E-state index contributed by atoms with van der Waals surface area (Å²) >= 11 is 0. The predicted molar refractivity (Wildman–Crippen MR) is 131 cm³/mol. The average Bonchev–Trinajstić information content (AvgIpc) is 3.29. The van der Waals surface area contributed by atoms with Crippen LogP contribution in [0, 0.1) is 24.1 Å². The lowest BCUT2D eigenvalue weighted by atomic mass is 10.00. The third kappa shape index (κ3) is 3.94. The molecular weight excluding hydrogens is 445 g/mol. The van der Waals surface area contributed by atoms with E-state index >= 15 is 0 Å². The first-order valence-electron chi connectivity index (χ1n) is 11.4. The molecular formula is C27H24FN5O2. The Morgan fingerprint density at radius 2 is 2.03 bits per heavy atom. The number of rotatable bonds is 4. The number of aryl methyl sites for hydroxylation is 1. The van der Waals surface area contributed by atoms with Crippen LogP contribution in [0.2, 0.25) is 0 Å². The minimum Gasteiger partial charge on any atom is -0.494 e. The summed E-state index contributed by atoms with van der Waals surface area (Å²) in [4.78, 5) is 25.6. The molecule has 176 valence electrons. The number of benzene rings is 2. The number of hydrogen-bond donors (Lipinski definition) is 0. The van der Waals surface area contributed by atoms with Crippen molar-refractivity contribution in [1.82, 2.24) is 19.4 Å². The number of likely N-dealkylation sites (tertiary alicyclic amines) is 1. The summed E-state index contributed by atoms with van der Waals surface area (Å²) in [6.45, 7) is 2.77. The summed E-state index contributed by atoms with van der Waals surface area (Å²) in [7, 11) is 3.39. The number of fused-ring (bicyclic) bond motifs is 1. The zero-order valence-electron chi connectivity index (χ0n) is 19.7. The second kappa shape index (κ2) is 8.93. The van der Waals surface area contributed by atoms with E-state index in [0.29, 0.717) is 33.5 Å². The Balaban J connectivity index is 1.87. The van der Waals surface area contributed by atoms with Gasteiger partial charge in [0.15, 0.2) is 11.6 Å². The summed E-state index contributed by atoms with van der Waals surface area (Å²) in [5.74, 6) is 0.0639. The van der Waals surface area contributed by atoms with Gasteiger partial charge in [0, 0.05) is 29.1 Å². The van der Waals surface area contributed by atoms with Gasteiger partial charge < -0.3 is 4.74 Å². The predicted octanol–water partition coefficient (Wildman–Crippen LogP) is 4.54. The molecule has 2 aromatic carbocycles. The van der Waals surface area contributed by atoms with E-state index in [1.807, 2.05) is 26.1 Å². The van der Waals surface area contributed by atoms with E-state index in [-0.39, 0.29) is 17.4 Å². The molecule has 5 rings (SSSR count). The molecule has 0 aliphatic carbocycles. The molecule has 0 bridgehead atoms. The number of nitrogens with zero attached hydrogens (tertiary/aromatic N) is 5. The maximum Gasteiger partial charge on any atom is 0.266 e. The van der Waals surface area contributed by atoms with Crippen LogP contribution in [0.15, 0.2) is 53.5 Å². The highest BCUT2D eigenvalue weighted by Gasteiger charge is 2.29. The van der Waals surface area contributed by atoms with Crippen molar-refractivity contribution >= 4 is 10.9 Å². The van der Waals surface area contributed by atoms with Crippen LogP contribution >= 0.6 is 0 Å². The van der Waals surface area contributed by atoms with E-state index in [1.54, 1.807) is 24.4 Å². The Labute approximate surface area is 202 Å². The van der Waals surface area contributed by atoms with Crippen LogP contribution in [-0.4, -0.2) is 40.1 Å². The van der Waals surface area contributed by atoms with E-state index in [0.717, 1.165) is 30.6 Å². The van der Waals surface area contributed by atoms with Gasteiger partial charge in [-0.05, 0) is 63.7 Å². The van der Waals surface area contributed by atoms with Crippen LogP contribution in [-0.2, 0) is 0 Å². The minimum absolute atomic E-state index is 0.0935. The molecule has 35 heavy (non-hydrogen) atoms. The van der Waals surface area contributed by atoms with Gasteiger partial charge in [-0.3, -0.25) is 19.2 Å². The van der Waals surface area contributed by atoms with Crippen molar-refractivity contribution in [3.8, 4) is 28.6 Å². The fraction of sp³-hybridized carbons (Fsp3) is 0.259. The van der Waals surface area contributed by atoms with Crippen LogP contribution in [0.1, 0.15) is 36.0 Å². The molecule has 2 aromatic heterocycles. The minimum atomic E-state index is -0.570. The first-order chi connectivity index (χ1) is 16.9. The van der Waals surface area contributed by atoms with E-state index in [2.05, 4.69) is 16.0 Å². The lowest BCUT2D eigenvalue weighted by molar-refractivity contribution is 0.301. The molecule has 4 aromatic rings. The van der Waals surface area contributed by atoms with E-state index in [1.165, 1.54) is 23.8 Å². The molecule has 1 fully saturated rings. The highest BCUT2D eigenvalue weighted by Crippen LogP contribution is 2.34. The van der Waals surface area contributed by atoms with Crippen molar-refractivity contribution in [3.63, 3.8) is 0 Å². The molecule has 7 nitrogen and oxygen atoms in total. The zero-order chi connectivity index (χ0) is 24.7. The Morgan fingerprint density at radius 1 is 1.20 bits per heavy atom. The van der Waals surface area contributed by atoms with Gasteiger partial charge in [-0.25, -0.2) is 9.37 Å². The summed E-state index contributed by atoms with van der Waals surface area (Å²) in [6, 6.07) is 13.5. The summed E-state index contributed by atoms with van der Waals surface area (Å²) in [5.41, 5.74) is 3.14. The normalized spacial score (nSPS) is 15.9. The molecule has 1 saturated heterocycles. The number of halogens is 1. The topological polar surface area (TPSA) is 84.0 Å². The number of aromatic nitrogens is 3. The van der Waals surface area contributed by atoms with E-state index in [9.17, 15) is 14.4 Å². The Bertz CT molecular complexity index is 1540.